The summed E-state index contributed by atoms with van der Waals surface area (Å²) in [5.41, 5.74) is 2.91. The molecule has 0 aliphatic carbocycles. The van der Waals surface area contributed by atoms with Gasteiger partial charge in [-0.3, -0.25) is 14.6 Å². The smallest absolute Gasteiger partial charge is 0.328 e. The molecule has 170 valence electrons. The summed E-state index contributed by atoms with van der Waals surface area (Å²) < 4.78 is 5.16. The van der Waals surface area contributed by atoms with Crippen LogP contribution in [0.15, 0.2) is 54.6 Å². The molecule has 2 heterocycles. The first-order valence-corrected chi connectivity index (χ1v) is 11.5. The van der Waals surface area contributed by atoms with E-state index in [0.29, 0.717) is 32.5 Å². The van der Waals surface area contributed by atoms with Gasteiger partial charge in [0.15, 0.2) is 0 Å². The Labute approximate surface area is 190 Å². The number of piperidine rings is 1. The molecule has 2 fully saturated rings. The van der Waals surface area contributed by atoms with Crippen molar-refractivity contribution in [2.45, 2.75) is 44.8 Å². The van der Waals surface area contributed by atoms with Gasteiger partial charge in [0, 0.05) is 33.3 Å². The fraction of sp³-hybridized carbons (Fsp3) is 0.462. The highest BCUT2D eigenvalue weighted by molar-refractivity contribution is 6.07. The molecule has 0 radical (unpaired) electrons. The number of amides is 3. The first kappa shape index (κ1) is 22.5. The van der Waals surface area contributed by atoms with Gasteiger partial charge in [0.25, 0.3) is 5.91 Å². The minimum absolute atomic E-state index is 0.0672. The van der Waals surface area contributed by atoms with E-state index in [4.69, 9.17) is 4.74 Å². The summed E-state index contributed by atoms with van der Waals surface area (Å²) in [5, 5.41) is 0. The Morgan fingerprint density at radius 3 is 2.12 bits per heavy atom. The summed E-state index contributed by atoms with van der Waals surface area (Å²) in [6.07, 6.45) is 2.35. The van der Waals surface area contributed by atoms with E-state index in [9.17, 15) is 9.59 Å². The topological polar surface area (TPSA) is 53.1 Å². The Bertz CT molecular complexity index is 921. The maximum atomic E-state index is 13.5. The molecule has 2 aliphatic rings. The first-order valence-electron chi connectivity index (χ1n) is 11.5. The Kier molecular flexibility index (Phi) is 6.92. The van der Waals surface area contributed by atoms with Gasteiger partial charge < -0.3 is 9.64 Å². The summed E-state index contributed by atoms with van der Waals surface area (Å²) in [5.74, 6) is -0.0672. The number of aryl methyl sites for hydroxylation is 1. The molecule has 2 aromatic rings. The standard InChI is InChI=1S/C26H33N3O3/c1-3-21-9-11-23(12-10-21)19-27-15-13-26(14-16-27)24(30)28(17-18-32-2)25(31)29(26)20-22-7-5-4-6-8-22/h4-12H,3,13-20H2,1-2H3. The first-order chi connectivity index (χ1) is 15.6. The van der Waals surface area contributed by atoms with Crippen LogP contribution in [0.3, 0.4) is 0 Å². The lowest BCUT2D eigenvalue weighted by Gasteiger charge is -2.42. The highest BCUT2D eigenvalue weighted by Gasteiger charge is 2.57. The average Bonchev–Trinajstić information content (AvgIpc) is 3.01. The number of hydrogen-bond donors (Lipinski definition) is 0. The highest BCUT2D eigenvalue weighted by Crippen LogP contribution is 2.38. The number of hydrogen-bond acceptors (Lipinski definition) is 4. The Morgan fingerprint density at radius 2 is 1.50 bits per heavy atom. The fourth-order valence-corrected chi connectivity index (χ4v) is 4.85. The zero-order valence-electron chi connectivity index (χ0n) is 19.1. The summed E-state index contributed by atoms with van der Waals surface area (Å²) in [6, 6.07) is 18.5. The number of urea groups is 1. The van der Waals surface area contributed by atoms with Gasteiger partial charge in [-0.15, -0.1) is 0 Å². The van der Waals surface area contributed by atoms with Gasteiger partial charge in [-0.05, 0) is 36.0 Å². The van der Waals surface area contributed by atoms with Gasteiger partial charge in [-0.25, -0.2) is 4.79 Å². The second-order valence-electron chi connectivity index (χ2n) is 8.78. The quantitative estimate of drug-likeness (QED) is 0.594. The van der Waals surface area contributed by atoms with Crippen molar-refractivity contribution < 1.29 is 14.3 Å². The number of carbonyl (C=O) groups excluding carboxylic acids is 2. The van der Waals surface area contributed by atoms with Crippen molar-refractivity contribution in [3.05, 3.63) is 71.3 Å². The SMILES string of the molecule is CCc1ccc(CN2CCC3(CC2)C(=O)N(CCOC)C(=O)N3Cc2ccccc2)cc1. The van der Waals surface area contributed by atoms with Crippen LogP contribution in [0, 0.1) is 0 Å². The number of benzene rings is 2. The molecule has 0 N–H and O–H groups in total. The van der Waals surface area contributed by atoms with Crippen LogP contribution in [-0.4, -0.2) is 65.5 Å². The molecular weight excluding hydrogens is 402 g/mol. The van der Waals surface area contributed by atoms with E-state index in [1.807, 2.05) is 35.2 Å². The van der Waals surface area contributed by atoms with Gasteiger partial charge in [0.2, 0.25) is 0 Å². The normalized spacial score (nSPS) is 18.7. The van der Waals surface area contributed by atoms with E-state index in [2.05, 4.69) is 36.1 Å². The van der Waals surface area contributed by atoms with Crippen LogP contribution in [0.2, 0.25) is 0 Å². The van der Waals surface area contributed by atoms with Crippen molar-refractivity contribution in [3.8, 4) is 0 Å². The Morgan fingerprint density at radius 1 is 0.875 bits per heavy atom. The summed E-state index contributed by atoms with van der Waals surface area (Å²) >= 11 is 0. The zero-order chi connectivity index (χ0) is 22.6. The van der Waals surface area contributed by atoms with Crippen molar-refractivity contribution in [1.82, 2.24) is 14.7 Å². The third-order valence-corrected chi connectivity index (χ3v) is 6.84. The number of methoxy groups -OCH3 is 1. The minimum Gasteiger partial charge on any atom is -0.383 e. The van der Waals surface area contributed by atoms with E-state index < -0.39 is 5.54 Å². The monoisotopic (exact) mass is 435 g/mol. The second-order valence-corrected chi connectivity index (χ2v) is 8.78. The van der Waals surface area contributed by atoms with Crippen LogP contribution in [0.1, 0.15) is 36.5 Å². The lowest BCUT2D eigenvalue weighted by atomic mass is 9.85. The molecule has 4 rings (SSSR count). The maximum absolute atomic E-state index is 13.5. The molecule has 2 aliphatic heterocycles. The third kappa shape index (κ3) is 4.43. The number of imide groups is 1. The predicted octanol–water partition coefficient (Wildman–Crippen LogP) is 3.69. The molecule has 32 heavy (non-hydrogen) atoms. The van der Waals surface area contributed by atoms with Gasteiger partial charge in [-0.2, -0.15) is 0 Å². The molecule has 0 atom stereocenters. The molecule has 0 aromatic heterocycles. The summed E-state index contributed by atoms with van der Waals surface area (Å²) in [4.78, 5) is 32.4. The van der Waals surface area contributed by atoms with Crippen LogP contribution in [0.5, 0.6) is 0 Å². The number of carbonyl (C=O) groups is 2. The van der Waals surface area contributed by atoms with Gasteiger partial charge in [0.05, 0.1) is 13.2 Å². The Hall–Kier alpha value is -2.70. The van der Waals surface area contributed by atoms with Crippen LogP contribution < -0.4 is 0 Å². The lowest BCUT2D eigenvalue weighted by Crippen LogP contribution is -2.56. The van der Waals surface area contributed by atoms with E-state index in [1.54, 1.807) is 7.11 Å². The lowest BCUT2D eigenvalue weighted by molar-refractivity contribution is -0.136. The van der Waals surface area contributed by atoms with E-state index in [0.717, 1.165) is 31.6 Å². The number of likely N-dealkylation sites (tertiary alicyclic amines) is 1. The molecular formula is C26H33N3O3. The minimum atomic E-state index is -0.761. The molecule has 0 bridgehead atoms. The maximum Gasteiger partial charge on any atom is 0.328 e. The van der Waals surface area contributed by atoms with Crippen LogP contribution in [0.25, 0.3) is 0 Å². The number of nitrogens with zero attached hydrogens (tertiary/aromatic N) is 3. The fourth-order valence-electron chi connectivity index (χ4n) is 4.85. The van der Waals surface area contributed by atoms with Crippen molar-refractivity contribution in [2.75, 3.05) is 33.4 Å². The van der Waals surface area contributed by atoms with Crippen molar-refractivity contribution >= 4 is 11.9 Å². The van der Waals surface area contributed by atoms with Crippen molar-refractivity contribution in [3.63, 3.8) is 0 Å². The largest absolute Gasteiger partial charge is 0.383 e. The predicted molar refractivity (Wildman–Crippen MR) is 124 cm³/mol. The van der Waals surface area contributed by atoms with Gasteiger partial charge in [-0.1, -0.05) is 61.5 Å². The molecule has 6 heteroatoms. The van der Waals surface area contributed by atoms with Crippen molar-refractivity contribution in [2.24, 2.45) is 0 Å². The second kappa shape index (κ2) is 9.84. The summed E-state index contributed by atoms with van der Waals surface area (Å²) in [6.45, 7) is 5.72. The average molecular weight is 436 g/mol. The molecule has 6 nitrogen and oxygen atoms in total. The van der Waals surface area contributed by atoms with E-state index in [1.165, 1.54) is 16.0 Å². The Balaban J connectivity index is 1.50. The highest BCUT2D eigenvalue weighted by atomic mass is 16.5. The van der Waals surface area contributed by atoms with Gasteiger partial charge in [0.1, 0.15) is 5.54 Å². The number of ether oxygens (including phenoxy) is 1. The van der Waals surface area contributed by atoms with E-state index in [-0.39, 0.29) is 11.9 Å². The molecule has 0 saturated carbocycles. The third-order valence-electron chi connectivity index (χ3n) is 6.84. The summed E-state index contributed by atoms with van der Waals surface area (Å²) in [7, 11) is 1.59. The molecule has 1 spiro atoms. The van der Waals surface area contributed by atoms with Crippen LogP contribution >= 0.6 is 0 Å². The molecule has 2 aromatic carbocycles. The zero-order valence-corrected chi connectivity index (χ0v) is 19.1. The van der Waals surface area contributed by atoms with Crippen LogP contribution in [-0.2, 0) is 29.0 Å². The molecule has 0 unspecified atom stereocenters. The van der Waals surface area contributed by atoms with E-state index >= 15 is 0 Å². The van der Waals surface area contributed by atoms with Crippen LogP contribution in [0.4, 0.5) is 4.79 Å². The molecule has 3 amide bonds. The number of rotatable bonds is 8. The molecule has 2 saturated heterocycles. The van der Waals surface area contributed by atoms with Crippen molar-refractivity contribution in [1.29, 1.82) is 0 Å². The van der Waals surface area contributed by atoms with Gasteiger partial charge >= 0.3 is 6.03 Å².